The van der Waals surface area contributed by atoms with Crippen LogP contribution in [0.15, 0.2) is 18.2 Å². The molecule has 1 saturated heterocycles. The Morgan fingerprint density at radius 2 is 2.06 bits per heavy atom. The summed E-state index contributed by atoms with van der Waals surface area (Å²) < 4.78 is 0. The third-order valence-electron chi connectivity index (χ3n) is 3.44. The summed E-state index contributed by atoms with van der Waals surface area (Å²) in [5.41, 5.74) is 7.54. The molecular weight excluding hydrogens is 246 g/mol. The molecule has 1 fully saturated rings. The molecule has 0 aromatic heterocycles. The average molecular weight is 268 g/mol. The van der Waals surface area contributed by atoms with E-state index in [1.54, 1.807) is 0 Å². The minimum Gasteiger partial charge on any atom is -0.396 e. The maximum absolute atomic E-state index is 6.01. The minimum absolute atomic E-state index is 0.379. The van der Waals surface area contributed by atoms with Crippen LogP contribution in [0.3, 0.4) is 0 Å². The highest BCUT2D eigenvalue weighted by molar-refractivity contribution is 6.33. The van der Waals surface area contributed by atoms with E-state index in [1.807, 2.05) is 18.2 Å². The summed E-state index contributed by atoms with van der Waals surface area (Å²) >= 11 is 6.01. The van der Waals surface area contributed by atoms with Gasteiger partial charge in [-0.05, 0) is 45.0 Å². The summed E-state index contributed by atoms with van der Waals surface area (Å²) in [5.74, 6) is 0. The van der Waals surface area contributed by atoms with Crippen molar-refractivity contribution in [2.24, 2.45) is 0 Å². The number of hydrogen-bond acceptors (Lipinski definition) is 3. The second kappa shape index (κ2) is 6.30. The standard InChI is InChI=1S/C14H22ClN3/c1-11(10-18-8-3-2-4-9-18)17-13-7-5-6-12(15)14(13)16/h5-7,11,17H,2-4,8-10,16H2,1H3. The van der Waals surface area contributed by atoms with Crippen LogP contribution in [0.25, 0.3) is 0 Å². The summed E-state index contributed by atoms with van der Waals surface area (Å²) in [4.78, 5) is 2.52. The number of hydrogen-bond donors (Lipinski definition) is 2. The highest BCUT2D eigenvalue weighted by atomic mass is 35.5. The molecule has 4 heteroatoms. The predicted octanol–water partition coefficient (Wildman–Crippen LogP) is 3.21. The molecule has 0 amide bonds. The van der Waals surface area contributed by atoms with Gasteiger partial charge in [0.2, 0.25) is 0 Å². The maximum atomic E-state index is 6.01. The molecule has 2 rings (SSSR count). The molecule has 1 aromatic rings. The highest BCUT2D eigenvalue weighted by Crippen LogP contribution is 2.27. The first-order valence-electron chi connectivity index (χ1n) is 6.69. The van der Waals surface area contributed by atoms with Crippen molar-refractivity contribution >= 4 is 23.0 Å². The van der Waals surface area contributed by atoms with Crippen molar-refractivity contribution in [2.45, 2.75) is 32.2 Å². The Hall–Kier alpha value is -0.930. The molecule has 1 heterocycles. The summed E-state index contributed by atoms with van der Waals surface area (Å²) in [6.07, 6.45) is 4.03. The van der Waals surface area contributed by atoms with Gasteiger partial charge in [0.15, 0.2) is 0 Å². The normalized spacial score (nSPS) is 18.6. The molecular formula is C14H22ClN3. The monoisotopic (exact) mass is 267 g/mol. The van der Waals surface area contributed by atoms with Crippen LogP contribution in [-0.2, 0) is 0 Å². The third kappa shape index (κ3) is 3.53. The molecule has 0 radical (unpaired) electrons. The van der Waals surface area contributed by atoms with E-state index in [2.05, 4.69) is 17.1 Å². The molecule has 1 unspecified atom stereocenters. The van der Waals surface area contributed by atoms with E-state index >= 15 is 0 Å². The van der Waals surface area contributed by atoms with Gasteiger partial charge >= 0.3 is 0 Å². The van der Waals surface area contributed by atoms with E-state index in [4.69, 9.17) is 17.3 Å². The molecule has 18 heavy (non-hydrogen) atoms. The van der Waals surface area contributed by atoms with Crippen molar-refractivity contribution in [2.75, 3.05) is 30.7 Å². The van der Waals surface area contributed by atoms with Crippen LogP contribution in [0.2, 0.25) is 5.02 Å². The zero-order valence-electron chi connectivity index (χ0n) is 11.0. The second-order valence-electron chi connectivity index (χ2n) is 5.11. The summed E-state index contributed by atoms with van der Waals surface area (Å²) in [5, 5.41) is 4.06. The van der Waals surface area contributed by atoms with Gasteiger partial charge in [0.05, 0.1) is 16.4 Å². The minimum atomic E-state index is 0.379. The lowest BCUT2D eigenvalue weighted by Gasteiger charge is -2.30. The van der Waals surface area contributed by atoms with E-state index in [1.165, 1.54) is 32.4 Å². The lowest BCUT2D eigenvalue weighted by atomic mass is 10.1. The molecule has 1 atom stereocenters. The SMILES string of the molecule is CC(CN1CCCCC1)Nc1cccc(Cl)c1N. The molecule has 3 N–H and O–H groups in total. The fourth-order valence-corrected chi connectivity index (χ4v) is 2.68. The molecule has 0 aliphatic carbocycles. The first-order valence-corrected chi connectivity index (χ1v) is 7.07. The number of piperidine rings is 1. The molecule has 0 bridgehead atoms. The lowest BCUT2D eigenvalue weighted by molar-refractivity contribution is 0.223. The van der Waals surface area contributed by atoms with Crippen molar-refractivity contribution < 1.29 is 0 Å². The van der Waals surface area contributed by atoms with Crippen molar-refractivity contribution in [3.63, 3.8) is 0 Å². The van der Waals surface area contributed by atoms with Crippen molar-refractivity contribution in [3.8, 4) is 0 Å². The van der Waals surface area contributed by atoms with Crippen molar-refractivity contribution in [1.29, 1.82) is 0 Å². The Morgan fingerprint density at radius 3 is 2.78 bits per heavy atom. The van der Waals surface area contributed by atoms with Crippen LogP contribution in [0, 0.1) is 0 Å². The predicted molar refractivity (Wildman–Crippen MR) is 79.2 cm³/mol. The van der Waals surface area contributed by atoms with E-state index in [9.17, 15) is 0 Å². The van der Waals surface area contributed by atoms with Crippen molar-refractivity contribution in [1.82, 2.24) is 4.90 Å². The summed E-state index contributed by atoms with van der Waals surface area (Å²) in [6.45, 7) is 5.69. The molecule has 1 aliphatic rings. The third-order valence-corrected chi connectivity index (χ3v) is 3.77. The zero-order chi connectivity index (χ0) is 13.0. The highest BCUT2D eigenvalue weighted by Gasteiger charge is 2.14. The Morgan fingerprint density at radius 1 is 1.33 bits per heavy atom. The lowest BCUT2D eigenvalue weighted by Crippen LogP contribution is -2.38. The van der Waals surface area contributed by atoms with Crippen LogP contribution in [0.1, 0.15) is 26.2 Å². The number of likely N-dealkylation sites (tertiary alicyclic amines) is 1. The first-order chi connectivity index (χ1) is 8.66. The van der Waals surface area contributed by atoms with Crippen LogP contribution >= 0.6 is 11.6 Å². The smallest absolute Gasteiger partial charge is 0.0739 e. The number of anilines is 2. The van der Waals surface area contributed by atoms with Gasteiger partial charge in [-0.25, -0.2) is 0 Å². The van der Waals surface area contributed by atoms with E-state index in [0.29, 0.717) is 16.8 Å². The van der Waals surface area contributed by atoms with Gasteiger partial charge in [0.25, 0.3) is 0 Å². The Balaban J connectivity index is 1.90. The Bertz CT molecular complexity index is 389. The van der Waals surface area contributed by atoms with E-state index < -0.39 is 0 Å². The maximum Gasteiger partial charge on any atom is 0.0739 e. The first kappa shape index (κ1) is 13.5. The molecule has 100 valence electrons. The number of benzene rings is 1. The number of nitrogen functional groups attached to an aromatic ring is 1. The quantitative estimate of drug-likeness (QED) is 0.823. The van der Waals surface area contributed by atoms with Crippen molar-refractivity contribution in [3.05, 3.63) is 23.2 Å². The number of nitrogens with one attached hydrogen (secondary N) is 1. The number of halogens is 1. The van der Waals surface area contributed by atoms with Crippen LogP contribution in [-0.4, -0.2) is 30.6 Å². The second-order valence-corrected chi connectivity index (χ2v) is 5.51. The Labute approximate surface area is 114 Å². The fourth-order valence-electron chi connectivity index (χ4n) is 2.50. The molecule has 1 aliphatic heterocycles. The van der Waals surface area contributed by atoms with Gasteiger partial charge in [-0.3, -0.25) is 0 Å². The molecule has 0 spiro atoms. The van der Waals surface area contributed by atoms with Gasteiger partial charge in [-0.2, -0.15) is 0 Å². The van der Waals surface area contributed by atoms with Gasteiger partial charge in [-0.1, -0.05) is 24.1 Å². The average Bonchev–Trinajstić information content (AvgIpc) is 2.36. The number of nitrogens with two attached hydrogens (primary N) is 1. The number of rotatable bonds is 4. The van der Waals surface area contributed by atoms with E-state index in [0.717, 1.165) is 12.2 Å². The number of para-hydroxylation sites is 1. The van der Waals surface area contributed by atoms with Gasteiger partial charge in [-0.15, -0.1) is 0 Å². The topological polar surface area (TPSA) is 41.3 Å². The van der Waals surface area contributed by atoms with Crippen LogP contribution in [0.5, 0.6) is 0 Å². The van der Waals surface area contributed by atoms with E-state index in [-0.39, 0.29) is 0 Å². The number of nitrogens with zero attached hydrogens (tertiary/aromatic N) is 1. The van der Waals surface area contributed by atoms with Gasteiger partial charge < -0.3 is 16.0 Å². The molecule has 1 aromatic carbocycles. The Kier molecular flexibility index (Phi) is 4.72. The van der Waals surface area contributed by atoms with Crippen LogP contribution < -0.4 is 11.1 Å². The fraction of sp³-hybridized carbons (Fsp3) is 0.571. The molecule has 3 nitrogen and oxygen atoms in total. The zero-order valence-corrected chi connectivity index (χ0v) is 11.7. The van der Waals surface area contributed by atoms with Gasteiger partial charge in [0.1, 0.15) is 0 Å². The van der Waals surface area contributed by atoms with Crippen LogP contribution in [0.4, 0.5) is 11.4 Å². The summed E-state index contributed by atoms with van der Waals surface area (Å²) in [7, 11) is 0. The molecule has 0 saturated carbocycles. The largest absolute Gasteiger partial charge is 0.396 e. The summed E-state index contributed by atoms with van der Waals surface area (Å²) in [6, 6.07) is 6.10. The van der Waals surface area contributed by atoms with Gasteiger partial charge in [0, 0.05) is 12.6 Å².